The fraction of sp³-hybridized carbons (Fsp3) is 0.857. The zero-order chi connectivity index (χ0) is 15.0. The van der Waals surface area contributed by atoms with Crippen LogP contribution in [0.3, 0.4) is 0 Å². The number of nitrogens with zero attached hydrogens (tertiary/aromatic N) is 3. The van der Waals surface area contributed by atoms with Gasteiger partial charge >= 0.3 is 0 Å². The lowest BCUT2D eigenvalue weighted by Crippen LogP contribution is -2.49. The normalized spacial score (nSPS) is 22.7. The van der Waals surface area contributed by atoms with Gasteiger partial charge in [0, 0.05) is 14.2 Å². The number of hydrogen-bond donors (Lipinski definition) is 1. The van der Waals surface area contributed by atoms with Crippen LogP contribution in [0, 0.1) is 5.41 Å². The molecule has 1 N–H and O–H groups in total. The number of ether oxygens (including phenoxy) is 1. The van der Waals surface area contributed by atoms with E-state index in [2.05, 4.69) is 45.4 Å². The summed E-state index contributed by atoms with van der Waals surface area (Å²) in [7, 11) is 5.72. The van der Waals surface area contributed by atoms with Crippen LogP contribution < -0.4 is 5.32 Å². The minimum Gasteiger partial charge on any atom is -0.376 e. The van der Waals surface area contributed by atoms with E-state index in [0.29, 0.717) is 5.41 Å². The van der Waals surface area contributed by atoms with E-state index in [-0.39, 0.29) is 11.6 Å². The van der Waals surface area contributed by atoms with Crippen LogP contribution in [0.5, 0.6) is 0 Å². The molecular weight excluding hydrogens is 320 g/mol. The lowest BCUT2D eigenvalue weighted by Gasteiger charge is -2.46. The van der Waals surface area contributed by atoms with E-state index in [1.807, 2.05) is 25.9 Å². The SMILES string of the molecule is CNC(c1c(Br)nnn1C)C1(OC)CCC(C)(C)CC1. The van der Waals surface area contributed by atoms with E-state index in [0.717, 1.165) is 23.1 Å². The van der Waals surface area contributed by atoms with E-state index in [1.54, 1.807) is 0 Å². The Labute approximate surface area is 129 Å². The molecule has 0 radical (unpaired) electrons. The Morgan fingerprint density at radius 3 is 2.30 bits per heavy atom. The number of rotatable bonds is 4. The first kappa shape index (κ1) is 15.9. The van der Waals surface area contributed by atoms with Gasteiger partial charge in [0.05, 0.1) is 17.3 Å². The highest BCUT2D eigenvalue weighted by atomic mass is 79.9. The minimum atomic E-state index is -0.192. The van der Waals surface area contributed by atoms with Crippen molar-refractivity contribution in [2.45, 2.75) is 51.2 Å². The second-order valence-corrected chi connectivity index (χ2v) is 7.30. The summed E-state index contributed by atoms with van der Waals surface area (Å²) in [6, 6.07) is 0.0815. The largest absolute Gasteiger partial charge is 0.376 e. The van der Waals surface area contributed by atoms with Crippen molar-refractivity contribution in [2.24, 2.45) is 12.5 Å². The van der Waals surface area contributed by atoms with Crippen molar-refractivity contribution >= 4 is 15.9 Å². The number of hydrogen-bond acceptors (Lipinski definition) is 4. The first-order valence-corrected chi connectivity index (χ1v) is 7.92. The van der Waals surface area contributed by atoms with Crippen molar-refractivity contribution < 1.29 is 4.74 Å². The average molecular weight is 345 g/mol. The van der Waals surface area contributed by atoms with Gasteiger partial charge in [-0.3, -0.25) is 0 Å². The monoisotopic (exact) mass is 344 g/mol. The predicted molar refractivity (Wildman–Crippen MR) is 82.5 cm³/mol. The van der Waals surface area contributed by atoms with Crippen LogP contribution in [0.15, 0.2) is 4.60 Å². The molecule has 0 saturated heterocycles. The van der Waals surface area contributed by atoms with Gasteiger partial charge in [-0.25, -0.2) is 4.68 Å². The topological polar surface area (TPSA) is 52.0 Å². The highest BCUT2D eigenvalue weighted by Crippen LogP contribution is 2.47. The summed E-state index contributed by atoms with van der Waals surface area (Å²) in [5, 5.41) is 11.6. The van der Waals surface area contributed by atoms with Crippen LogP contribution in [0.1, 0.15) is 51.3 Å². The van der Waals surface area contributed by atoms with Gasteiger partial charge in [-0.05, 0) is 54.1 Å². The second kappa shape index (κ2) is 5.73. The van der Waals surface area contributed by atoms with Crippen LogP contribution in [0.2, 0.25) is 0 Å². The highest BCUT2D eigenvalue weighted by Gasteiger charge is 2.46. The van der Waals surface area contributed by atoms with Crippen molar-refractivity contribution in [3.05, 3.63) is 10.3 Å². The minimum absolute atomic E-state index is 0.0815. The van der Waals surface area contributed by atoms with Gasteiger partial charge in [-0.2, -0.15) is 0 Å². The maximum absolute atomic E-state index is 6.01. The third-order valence-corrected chi connectivity index (χ3v) is 5.34. The number of methoxy groups -OCH3 is 1. The van der Waals surface area contributed by atoms with E-state index in [4.69, 9.17) is 4.74 Å². The third kappa shape index (κ3) is 2.78. The number of aryl methyl sites for hydroxylation is 1. The smallest absolute Gasteiger partial charge is 0.153 e. The van der Waals surface area contributed by atoms with Gasteiger partial charge in [0.15, 0.2) is 4.60 Å². The van der Waals surface area contributed by atoms with Crippen molar-refractivity contribution in [3.8, 4) is 0 Å². The van der Waals surface area contributed by atoms with E-state index < -0.39 is 0 Å². The lowest BCUT2D eigenvalue weighted by molar-refractivity contribution is -0.0878. The summed E-state index contributed by atoms with van der Waals surface area (Å²) in [6.45, 7) is 4.67. The Kier molecular flexibility index (Phi) is 4.56. The molecule has 0 bridgehead atoms. The molecule has 0 aliphatic heterocycles. The maximum Gasteiger partial charge on any atom is 0.153 e. The van der Waals surface area contributed by atoms with E-state index in [9.17, 15) is 0 Å². The Bertz CT molecular complexity index is 442. The molecule has 0 aromatic carbocycles. The van der Waals surface area contributed by atoms with Gasteiger partial charge in [0.25, 0.3) is 0 Å². The predicted octanol–water partition coefficient (Wildman–Crippen LogP) is 2.82. The molecule has 1 aliphatic rings. The molecule has 1 aliphatic carbocycles. The van der Waals surface area contributed by atoms with Crippen molar-refractivity contribution in [3.63, 3.8) is 0 Å². The van der Waals surface area contributed by atoms with Crippen LogP contribution in [-0.2, 0) is 11.8 Å². The Morgan fingerprint density at radius 2 is 1.90 bits per heavy atom. The average Bonchev–Trinajstić information content (AvgIpc) is 2.74. The number of halogens is 1. The maximum atomic E-state index is 6.01. The van der Waals surface area contributed by atoms with Gasteiger partial charge in [0.2, 0.25) is 0 Å². The summed E-state index contributed by atoms with van der Waals surface area (Å²) in [5.41, 5.74) is 1.26. The summed E-state index contributed by atoms with van der Waals surface area (Å²) in [6.07, 6.45) is 4.42. The van der Waals surface area contributed by atoms with Crippen LogP contribution in [0.4, 0.5) is 0 Å². The standard InChI is InChI=1S/C14H25BrN4O/c1-13(2)6-8-14(20-5,9-7-13)11(16-3)10-12(15)17-18-19(10)4/h11,16H,6-9H2,1-5H3. The molecule has 2 rings (SSSR count). The molecule has 0 amide bonds. The molecule has 20 heavy (non-hydrogen) atoms. The fourth-order valence-electron chi connectivity index (χ4n) is 3.25. The molecule has 1 unspecified atom stereocenters. The van der Waals surface area contributed by atoms with Crippen LogP contribution in [0.25, 0.3) is 0 Å². The molecule has 0 spiro atoms. The summed E-state index contributed by atoms with van der Waals surface area (Å²) in [4.78, 5) is 0. The Morgan fingerprint density at radius 1 is 1.30 bits per heavy atom. The first-order valence-electron chi connectivity index (χ1n) is 7.13. The van der Waals surface area contributed by atoms with E-state index >= 15 is 0 Å². The van der Waals surface area contributed by atoms with E-state index in [1.165, 1.54) is 12.8 Å². The van der Waals surface area contributed by atoms with Gasteiger partial charge in [0.1, 0.15) is 0 Å². The van der Waals surface area contributed by atoms with Gasteiger partial charge in [-0.1, -0.05) is 19.1 Å². The molecule has 1 saturated carbocycles. The molecule has 114 valence electrons. The fourth-order valence-corrected chi connectivity index (χ4v) is 3.81. The van der Waals surface area contributed by atoms with Crippen molar-refractivity contribution in [1.29, 1.82) is 0 Å². The molecule has 6 heteroatoms. The molecular formula is C14H25BrN4O. The van der Waals surface area contributed by atoms with Crippen molar-refractivity contribution in [2.75, 3.05) is 14.2 Å². The quantitative estimate of drug-likeness (QED) is 0.912. The Hall–Kier alpha value is -0.460. The van der Waals surface area contributed by atoms with Gasteiger partial charge < -0.3 is 10.1 Å². The Balaban J connectivity index is 2.34. The molecule has 1 atom stereocenters. The van der Waals surface area contributed by atoms with Crippen LogP contribution >= 0.6 is 15.9 Å². The highest BCUT2D eigenvalue weighted by molar-refractivity contribution is 9.10. The summed E-state index contributed by atoms with van der Waals surface area (Å²) >= 11 is 3.51. The third-order valence-electron chi connectivity index (χ3n) is 4.77. The second-order valence-electron chi connectivity index (χ2n) is 6.54. The zero-order valence-corrected chi connectivity index (χ0v) is 14.6. The number of aromatic nitrogens is 3. The lowest BCUT2D eigenvalue weighted by atomic mass is 9.68. The summed E-state index contributed by atoms with van der Waals surface area (Å²) < 4.78 is 8.62. The first-order chi connectivity index (χ1) is 9.35. The van der Waals surface area contributed by atoms with Crippen LogP contribution in [-0.4, -0.2) is 34.8 Å². The molecule has 1 fully saturated rings. The molecule has 1 aromatic rings. The summed E-state index contributed by atoms with van der Waals surface area (Å²) in [5.74, 6) is 0. The van der Waals surface area contributed by atoms with Crippen molar-refractivity contribution in [1.82, 2.24) is 20.3 Å². The number of nitrogens with one attached hydrogen (secondary N) is 1. The molecule has 1 heterocycles. The zero-order valence-electron chi connectivity index (χ0n) is 13.0. The molecule has 1 aromatic heterocycles. The van der Waals surface area contributed by atoms with Gasteiger partial charge in [-0.15, -0.1) is 5.10 Å². The molecule has 5 nitrogen and oxygen atoms in total. The number of likely N-dealkylation sites (N-methyl/N-ethyl adjacent to an activating group) is 1.